The van der Waals surface area contributed by atoms with Crippen LogP contribution in [-0.4, -0.2) is 32.3 Å². The van der Waals surface area contributed by atoms with Crippen LogP contribution >= 0.6 is 11.6 Å². The van der Waals surface area contributed by atoms with Crippen molar-refractivity contribution in [2.75, 3.05) is 7.05 Å². The van der Waals surface area contributed by atoms with Crippen molar-refractivity contribution in [2.45, 2.75) is 50.0 Å². The summed E-state index contributed by atoms with van der Waals surface area (Å²) in [6.45, 7) is 2.00. The minimum Gasteiger partial charge on any atom is -0.438 e. The van der Waals surface area contributed by atoms with Gasteiger partial charge in [0.1, 0.15) is 4.90 Å². The summed E-state index contributed by atoms with van der Waals surface area (Å²) in [6.07, 6.45) is 5.80. The molecule has 1 aromatic heterocycles. The molecule has 6 nitrogen and oxygen atoms in total. The quantitative estimate of drug-likeness (QED) is 0.904. The maximum absolute atomic E-state index is 12.5. The first-order chi connectivity index (χ1) is 10.2. The van der Waals surface area contributed by atoms with Crippen LogP contribution in [0.15, 0.2) is 15.4 Å². The molecule has 1 heterocycles. The summed E-state index contributed by atoms with van der Waals surface area (Å²) >= 11 is 5.71. The molecule has 0 aromatic carbocycles. The normalized spacial score (nSPS) is 18.2. The first-order valence-electron chi connectivity index (χ1n) is 7.31. The Morgan fingerprint density at radius 1 is 1.41 bits per heavy atom. The first-order valence-corrected chi connectivity index (χ1v) is 9.23. The van der Waals surface area contributed by atoms with Crippen LogP contribution in [-0.2, 0) is 10.0 Å². The van der Waals surface area contributed by atoms with Gasteiger partial charge in [-0.05, 0) is 37.3 Å². The van der Waals surface area contributed by atoms with Crippen molar-refractivity contribution in [2.24, 2.45) is 11.1 Å². The summed E-state index contributed by atoms with van der Waals surface area (Å²) in [5.74, 6) is -0.0556. The van der Waals surface area contributed by atoms with Crippen molar-refractivity contribution < 1.29 is 17.6 Å². The zero-order valence-corrected chi connectivity index (χ0v) is 14.3. The molecule has 124 valence electrons. The van der Waals surface area contributed by atoms with E-state index in [1.54, 1.807) is 11.9 Å². The summed E-state index contributed by atoms with van der Waals surface area (Å²) in [5, 5.41) is 4.64. The molecular formula is C14H21ClN2O4S. The molecule has 2 N–H and O–H groups in total. The predicted octanol–water partition coefficient (Wildman–Crippen LogP) is 2.62. The minimum atomic E-state index is -4.01. The zero-order chi connectivity index (χ0) is 16.5. The summed E-state index contributed by atoms with van der Waals surface area (Å²) in [4.78, 5) is 13.7. The lowest BCUT2D eigenvalue weighted by molar-refractivity contribution is 0.0634. The SMILES string of the molecule is CC(C1CCCCC1)N(C)C(=O)c1cc(S(N)(=O)=O)c(Cl)o1. The van der Waals surface area contributed by atoms with Crippen LogP contribution in [0, 0.1) is 5.92 Å². The van der Waals surface area contributed by atoms with Gasteiger partial charge in [-0.3, -0.25) is 4.79 Å². The molecule has 1 saturated carbocycles. The second kappa shape index (κ2) is 6.60. The fourth-order valence-corrected chi connectivity index (χ4v) is 3.94. The molecule has 1 aliphatic carbocycles. The van der Waals surface area contributed by atoms with Crippen LogP contribution in [0.3, 0.4) is 0 Å². The molecule has 0 radical (unpaired) electrons. The highest BCUT2D eigenvalue weighted by Gasteiger charge is 2.30. The summed E-state index contributed by atoms with van der Waals surface area (Å²) in [7, 11) is -2.32. The van der Waals surface area contributed by atoms with Crippen LogP contribution in [0.25, 0.3) is 0 Å². The number of carbonyl (C=O) groups is 1. The number of primary sulfonamides is 1. The molecule has 0 aliphatic heterocycles. The number of hydrogen-bond acceptors (Lipinski definition) is 4. The number of furan rings is 1. The van der Waals surface area contributed by atoms with E-state index in [0.717, 1.165) is 18.9 Å². The van der Waals surface area contributed by atoms with E-state index in [4.69, 9.17) is 21.2 Å². The van der Waals surface area contributed by atoms with Crippen LogP contribution in [0.4, 0.5) is 0 Å². The highest BCUT2D eigenvalue weighted by atomic mass is 35.5. The summed E-state index contributed by atoms with van der Waals surface area (Å²) in [6, 6.07) is 1.14. The number of rotatable bonds is 4. The van der Waals surface area contributed by atoms with Gasteiger partial charge in [0.25, 0.3) is 5.91 Å². The molecule has 0 saturated heterocycles. The van der Waals surface area contributed by atoms with Gasteiger partial charge in [0, 0.05) is 19.2 Å². The van der Waals surface area contributed by atoms with Crippen molar-refractivity contribution in [1.29, 1.82) is 0 Å². The molecule has 1 amide bonds. The fraction of sp³-hybridized carbons (Fsp3) is 0.643. The Labute approximate surface area is 135 Å². The molecule has 0 bridgehead atoms. The lowest BCUT2D eigenvalue weighted by Gasteiger charge is -2.33. The van der Waals surface area contributed by atoms with Crippen LogP contribution < -0.4 is 5.14 Å². The topological polar surface area (TPSA) is 93.6 Å². The number of nitrogens with two attached hydrogens (primary N) is 1. The Morgan fingerprint density at radius 3 is 2.50 bits per heavy atom. The van der Waals surface area contributed by atoms with E-state index in [2.05, 4.69) is 0 Å². The van der Waals surface area contributed by atoms with E-state index in [-0.39, 0.29) is 21.9 Å². The third kappa shape index (κ3) is 3.64. The van der Waals surface area contributed by atoms with Crippen molar-refractivity contribution in [1.82, 2.24) is 4.90 Å². The number of nitrogens with zero attached hydrogens (tertiary/aromatic N) is 1. The number of carbonyl (C=O) groups excluding carboxylic acids is 1. The van der Waals surface area contributed by atoms with Gasteiger partial charge in [-0.15, -0.1) is 0 Å². The molecule has 1 fully saturated rings. The maximum Gasteiger partial charge on any atom is 0.289 e. The molecule has 1 atom stereocenters. The highest BCUT2D eigenvalue weighted by molar-refractivity contribution is 7.89. The van der Waals surface area contributed by atoms with E-state index in [1.165, 1.54) is 19.3 Å². The molecule has 1 aromatic rings. The van der Waals surface area contributed by atoms with E-state index >= 15 is 0 Å². The van der Waals surface area contributed by atoms with E-state index in [0.29, 0.717) is 5.92 Å². The number of amides is 1. The monoisotopic (exact) mass is 348 g/mol. The number of sulfonamides is 1. The van der Waals surface area contributed by atoms with Crippen molar-refractivity contribution in [3.63, 3.8) is 0 Å². The van der Waals surface area contributed by atoms with Gasteiger partial charge in [0.15, 0.2) is 5.76 Å². The Hall–Kier alpha value is -1.05. The maximum atomic E-state index is 12.5. The third-order valence-corrected chi connectivity index (χ3v) is 5.75. The van der Waals surface area contributed by atoms with Crippen LogP contribution in [0.2, 0.25) is 5.22 Å². The van der Waals surface area contributed by atoms with Gasteiger partial charge in [-0.2, -0.15) is 0 Å². The summed E-state index contributed by atoms with van der Waals surface area (Å²) < 4.78 is 27.8. The van der Waals surface area contributed by atoms with Crippen LogP contribution in [0.5, 0.6) is 0 Å². The van der Waals surface area contributed by atoms with Gasteiger partial charge in [0.05, 0.1) is 0 Å². The standard InChI is InChI=1S/C14H21ClN2O4S/c1-9(10-6-4-3-5-7-10)17(2)14(18)11-8-12(13(15)21-11)22(16,19)20/h8-10H,3-7H2,1-2H3,(H2,16,19,20). The Bertz CT molecular complexity index is 650. The fourth-order valence-electron chi connectivity index (χ4n) is 2.94. The predicted molar refractivity (Wildman–Crippen MR) is 83.2 cm³/mol. The van der Waals surface area contributed by atoms with Crippen molar-refractivity contribution in [3.8, 4) is 0 Å². The smallest absolute Gasteiger partial charge is 0.289 e. The van der Waals surface area contributed by atoms with E-state index < -0.39 is 15.9 Å². The second-order valence-electron chi connectivity index (χ2n) is 5.85. The van der Waals surface area contributed by atoms with Gasteiger partial charge >= 0.3 is 0 Å². The average Bonchev–Trinajstić information content (AvgIpc) is 2.88. The lowest BCUT2D eigenvalue weighted by Crippen LogP contribution is -2.40. The summed E-state index contributed by atoms with van der Waals surface area (Å²) in [5.41, 5.74) is 0. The molecule has 1 unspecified atom stereocenters. The Balaban J connectivity index is 2.17. The zero-order valence-electron chi connectivity index (χ0n) is 12.7. The Kier molecular flexibility index (Phi) is 5.19. The van der Waals surface area contributed by atoms with Crippen LogP contribution in [0.1, 0.15) is 49.6 Å². The second-order valence-corrected chi connectivity index (χ2v) is 7.72. The first kappa shape index (κ1) is 17.3. The average molecular weight is 349 g/mol. The molecule has 8 heteroatoms. The Morgan fingerprint density at radius 2 is 2.00 bits per heavy atom. The molecule has 2 rings (SSSR count). The van der Waals surface area contributed by atoms with Gasteiger partial charge in [-0.1, -0.05) is 19.3 Å². The largest absolute Gasteiger partial charge is 0.438 e. The number of halogens is 1. The lowest BCUT2D eigenvalue weighted by atomic mass is 9.84. The molecule has 0 spiro atoms. The molecule has 1 aliphatic rings. The highest BCUT2D eigenvalue weighted by Crippen LogP contribution is 2.30. The van der Waals surface area contributed by atoms with Gasteiger partial charge in [-0.25, -0.2) is 13.6 Å². The van der Waals surface area contributed by atoms with Crippen molar-refractivity contribution >= 4 is 27.5 Å². The van der Waals surface area contributed by atoms with Gasteiger partial charge < -0.3 is 9.32 Å². The minimum absolute atomic E-state index is 0.0506. The van der Waals surface area contributed by atoms with E-state index in [1.807, 2.05) is 6.92 Å². The third-order valence-electron chi connectivity index (χ3n) is 4.44. The van der Waals surface area contributed by atoms with E-state index in [9.17, 15) is 13.2 Å². The molecule has 22 heavy (non-hydrogen) atoms. The van der Waals surface area contributed by atoms with Gasteiger partial charge in [0.2, 0.25) is 15.2 Å². The number of hydrogen-bond donors (Lipinski definition) is 1. The molecular weight excluding hydrogens is 328 g/mol. The van der Waals surface area contributed by atoms with Crippen molar-refractivity contribution in [3.05, 3.63) is 17.0 Å².